The zero-order valence-corrected chi connectivity index (χ0v) is 10.6. The first-order valence-corrected chi connectivity index (χ1v) is 6.22. The van der Waals surface area contributed by atoms with Crippen LogP contribution in [-0.2, 0) is 4.65 Å². The van der Waals surface area contributed by atoms with Gasteiger partial charge in [-0.3, -0.25) is 10.6 Å². The maximum Gasteiger partial charge on any atom is 0.344 e. The van der Waals surface area contributed by atoms with Crippen LogP contribution in [0.15, 0.2) is 23.1 Å². The summed E-state index contributed by atoms with van der Waals surface area (Å²) in [7, 11) is 0.328. The highest BCUT2D eigenvalue weighted by Crippen LogP contribution is 2.35. The molecule has 2 aliphatic rings. The van der Waals surface area contributed by atoms with Crippen LogP contribution in [0.1, 0.15) is 5.76 Å². The molecule has 1 aromatic rings. The standard InChI is InChI=1S/C11H13BN4O4/c13-5-20-12-2-7-1-8(10-3-14-6-19-10)9-4-15(7)11(17)16(9)18/h1,3,5-7,9,12-13,18H,2,4H2/t7-,9?/m0/s1. The zero-order valence-electron chi connectivity index (χ0n) is 10.6. The number of carbonyl (C=O) groups is 1. The van der Waals surface area contributed by atoms with Crippen LogP contribution < -0.4 is 0 Å². The summed E-state index contributed by atoms with van der Waals surface area (Å²) in [5, 5.41) is 17.5. The van der Waals surface area contributed by atoms with E-state index in [2.05, 4.69) is 4.98 Å². The molecule has 0 aliphatic carbocycles. The first-order valence-electron chi connectivity index (χ1n) is 6.22. The fraction of sp³-hybridized carbons (Fsp3) is 0.364. The van der Waals surface area contributed by atoms with Gasteiger partial charge in [0.2, 0.25) is 0 Å². The van der Waals surface area contributed by atoms with Crippen molar-refractivity contribution in [1.82, 2.24) is 14.9 Å². The zero-order chi connectivity index (χ0) is 14.1. The number of hydrogen-bond acceptors (Lipinski definition) is 6. The van der Waals surface area contributed by atoms with Crippen molar-refractivity contribution >= 4 is 25.5 Å². The van der Waals surface area contributed by atoms with Crippen molar-refractivity contribution < 1.29 is 19.1 Å². The highest BCUT2D eigenvalue weighted by Gasteiger charge is 2.46. The molecule has 2 bridgehead atoms. The molecule has 3 heterocycles. The summed E-state index contributed by atoms with van der Waals surface area (Å²) in [6, 6.07) is -1.06. The van der Waals surface area contributed by atoms with Crippen molar-refractivity contribution in [2.75, 3.05) is 6.54 Å². The quantitative estimate of drug-likeness (QED) is 0.265. The van der Waals surface area contributed by atoms with Crippen LogP contribution in [0.25, 0.3) is 5.57 Å². The number of nitrogens with one attached hydrogen (secondary N) is 1. The number of nitrogens with zero attached hydrogens (tertiary/aromatic N) is 3. The van der Waals surface area contributed by atoms with E-state index in [1.54, 1.807) is 11.1 Å². The van der Waals surface area contributed by atoms with Crippen molar-refractivity contribution in [3.05, 3.63) is 24.4 Å². The lowest BCUT2D eigenvalue weighted by Gasteiger charge is -2.28. The molecule has 1 aromatic heterocycles. The Morgan fingerprint density at radius 1 is 1.70 bits per heavy atom. The third-order valence-corrected chi connectivity index (χ3v) is 3.57. The average molecular weight is 276 g/mol. The molecule has 1 fully saturated rings. The number of oxazole rings is 1. The van der Waals surface area contributed by atoms with Crippen LogP contribution >= 0.6 is 0 Å². The van der Waals surface area contributed by atoms with E-state index in [0.29, 0.717) is 26.1 Å². The van der Waals surface area contributed by atoms with E-state index >= 15 is 0 Å². The second kappa shape index (κ2) is 5.01. The van der Waals surface area contributed by atoms with Gasteiger partial charge in [-0.1, -0.05) is 6.08 Å². The van der Waals surface area contributed by atoms with Crippen molar-refractivity contribution in [3.8, 4) is 0 Å². The topological polar surface area (TPSA) is 103 Å². The summed E-state index contributed by atoms with van der Waals surface area (Å²) < 4.78 is 10.2. The van der Waals surface area contributed by atoms with Crippen molar-refractivity contribution in [1.29, 1.82) is 5.41 Å². The molecule has 8 nitrogen and oxygen atoms in total. The van der Waals surface area contributed by atoms with Gasteiger partial charge in [-0.2, -0.15) is 5.06 Å². The lowest BCUT2D eigenvalue weighted by molar-refractivity contribution is -0.0430. The number of carbonyl (C=O) groups excluding carboxylic acids is 1. The van der Waals surface area contributed by atoms with E-state index in [1.165, 1.54) is 6.39 Å². The minimum Gasteiger partial charge on any atom is -0.557 e. The summed E-state index contributed by atoms with van der Waals surface area (Å²) in [6.07, 6.45) is 6.17. The third kappa shape index (κ3) is 1.96. The molecule has 2 amide bonds. The number of urea groups is 1. The molecule has 20 heavy (non-hydrogen) atoms. The first kappa shape index (κ1) is 12.7. The van der Waals surface area contributed by atoms with Crippen molar-refractivity contribution in [2.24, 2.45) is 0 Å². The summed E-state index contributed by atoms with van der Waals surface area (Å²) in [5.74, 6) is 0.543. The van der Waals surface area contributed by atoms with E-state index in [9.17, 15) is 10.0 Å². The van der Waals surface area contributed by atoms with Crippen LogP contribution in [0.5, 0.6) is 0 Å². The predicted molar refractivity (Wildman–Crippen MR) is 69.6 cm³/mol. The second-order valence-electron chi connectivity index (χ2n) is 4.63. The number of fused-ring (bicyclic) bond motifs is 2. The highest BCUT2D eigenvalue weighted by molar-refractivity contribution is 6.29. The molecule has 0 radical (unpaired) electrons. The molecule has 9 heteroatoms. The molecule has 3 rings (SSSR count). The number of rotatable bonds is 5. The molecule has 1 saturated heterocycles. The van der Waals surface area contributed by atoms with Gasteiger partial charge < -0.3 is 14.0 Å². The number of aromatic nitrogens is 1. The molecule has 0 spiro atoms. The minimum absolute atomic E-state index is 0.198. The van der Waals surface area contributed by atoms with Crippen LogP contribution in [0, 0.1) is 5.41 Å². The summed E-state index contributed by atoms with van der Waals surface area (Å²) >= 11 is 0. The van der Waals surface area contributed by atoms with Gasteiger partial charge in [0.25, 0.3) is 0 Å². The van der Waals surface area contributed by atoms with Gasteiger partial charge >= 0.3 is 13.5 Å². The van der Waals surface area contributed by atoms with E-state index in [0.717, 1.165) is 17.0 Å². The minimum atomic E-state index is -0.435. The molecule has 2 N–H and O–H groups in total. The van der Waals surface area contributed by atoms with Crippen LogP contribution in [0.3, 0.4) is 0 Å². The maximum absolute atomic E-state index is 12.0. The van der Waals surface area contributed by atoms with Gasteiger partial charge in [-0.15, -0.1) is 0 Å². The van der Waals surface area contributed by atoms with Gasteiger partial charge in [0, 0.05) is 11.6 Å². The predicted octanol–water partition coefficient (Wildman–Crippen LogP) is 0.329. The van der Waals surface area contributed by atoms with E-state index in [4.69, 9.17) is 14.5 Å². The summed E-state index contributed by atoms with van der Waals surface area (Å²) in [5.41, 5.74) is 0.743. The SMILES string of the molecule is N=COBC[C@@H]1C=C(c2cnco2)C2CN1C(=O)N2O. The van der Waals surface area contributed by atoms with E-state index in [-0.39, 0.29) is 6.04 Å². The number of hydrogen-bond donors (Lipinski definition) is 2. The molecular formula is C11H13BN4O4. The van der Waals surface area contributed by atoms with Crippen molar-refractivity contribution in [3.63, 3.8) is 0 Å². The maximum atomic E-state index is 12.0. The Kier molecular flexibility index (Phi) is 3.19. The first-order chi connectivity index (χ1) is 9.72. The average Bonchev–Trinajstić information content (AvgIpc) is 3.06. The van der Waals surface area contributed by atoms with Crippen LogP contribution in [0.4, 0.5) is 4.79 Å². The Balaban J connectivity index is 1.88. The Morgan fingerprint density at radius 2 is 2.55 bits per heavy atom. The van der Waals surface area contributed by atoms with Crippen LogP contribution in [0.2, 0.25) is 6.32 Å². The molecule has 2 aliphatic heterocycles. The Labute approximate surface area is 115 Å². The van der Waals surface area contributed by atoms with Gasteiger partial charge in [0.05, 0.1) is 12.7 Å². The monoisotopic (exact) mass is 276 g/mol. The van der Waals surface area contributed by atoms with Crippen molar-refractivity contribution in [2.45, 2.75) is 18.4 Å². The van der Waals surface area contributed by atoms with Gasteiger partial charge in [-0.25, -0.2) is 9.78 Å². The summed E-state index contributed by atoms with van der Waals surface area (Å²) in [6.45, 7) is 0.400. The van der Waals surface area contributed by atoms with Gasteiger partial charge in [0.15, 0.2) is 12.2 Å². The lowest BCUT2D eigenvalue weighted by atomic mass is 9.85. The highest BCUT2D eigenvalue weighted by atomic mass is 16.5. The molecular weight excluding hydrogens is 263 g/mol. The van der Waals surface area contributed by atoms with E-state index in [1.807, 2.05) is 6.08 Å². The van der Waals surface area contributed by atoms with E-state index < -0.39 is 12.1 Å². The molecule has 1 unspecified atom stereocenters. The molecule has 104 valence electrons. The Bertz CT molecular complexity index is 547. The molecule has 2 atom stereocenters. The van der Waals surface area contributed by atoms with Gasteiger partial charge in [-0.05, 0) is 6.32 Å². The number of amides is 2. The normalized spacial score (nSPS) is 24.6. The smallest absolute Gasteiger partial charge is 0.344 e. The Morgan fingerprint density at radius 3 is 3.25 bits per heavy atom. The van der Waals surface area contributed by atoms with Crippen LogP contribution in [-0.4, -0.2) is 58.7 Å². The molecule has 0 aromatic carbocycles. The fourth-order valence-electron chi connectivity index (χ4n) is 2.61. The number of hydroxylamine groups is 2. The fourth-order valence-corrected chi connectivity index (χ4v) is 2.61. The summed E-state index contributed by atoms with van der Waals surface area (Å²) in [4.78, 5) is 17.4. The largest absolute Gasteiger partial charge is 0.557 e. The molecule has 0 saturated carbocycles. The third-order valence-electron chi connectivity index (χ3n) is 3.57. The second-order valence-corrected chi connectivity index (χ2v) is 4.63. The van der Waals surface area contributed by atoms with Gasteiger partial charge in [0.1, 0.15) is 12.4 Å². The lowest BCUT2D eigenvalue weighted by Crippen LogP contribution is -2.39. The Hall–Kier alpha value is -2.29.